The topological polar surface area (TPSA) is 46.3 Å². The van der Waals surface area contributed by atoms with Gasteiger partial charge in [-0.2, -0.15) is 13.2 Å². The van der Waals surface area contributed by atoms with Gasteiger partial charge in [-0.05, 0) is 0 Å². The summed E-state index contributed by atoms with van der Waals surface area (Å²) in [6.07, 6.45) is -5.20. The van der Waals surface area contributed by atoms with E-state index in [0.29, 0.717) is 0 Å². The van der Waals surface area contributed by atoms with Crippen LogP contribution in [-0.4, -0.2) is 37.1 Å². The number of carbonyl (C=O) groups is 1. The highest BCUT2D eigenvalue weighted by Crippen LogP contribution is 2.19. The summed E-state index contributed by atoms with van der Waals surface area (Å²) in [6, 6.07) is 0. The van der Waals surface area contributed by atoms with Crippen LogP contribution >= 0.6 is 0 Å². The molecule has 0 bridgehead atoms. The van der Waals surface area contributed by atoms with Crippen molar-refractivity contribution in [1.29, 1.82) is 0 Å². The highest BCUT2D eigenvalue weighted by molar-refractivity contribution is 5.78. The minimum absolute atomic E-state index is 0.148. The lowest BCUT2D eigenvalue weighted by Crippen LogP contribution is -2.37. The molecule has 0 aliphatic rings. The number of hydrogen-bond acceptors (Lipinski definition) is 2. The number of halogens is 3. The second kappa shape index (κ2) is 5.19. The van der Waals surface area contributed by atoms with Gasteiger partial charge in [0.25, 0.3) is 0 Å². The number of carbonyl (C=O) groups excluding carboxylic acids is 1. The third-order valence-corrected chi connectivity index (χ3v) is 1.88. The molecule has 1 unspecified atom stereocenters. The van der Waals surface area contributed by atoms with E-state index in [1.54, 1.807) is 6.92 Å². The van der Waals surface area contributed by atoms with Gasteiger partial charge in [0.15, 0.2) is 0 Å². The number of amides is 1. The molecule has 0 aliphatic carbocycles. The maximum absolute atomic E-state index is 11.8. The molecule has 0 saturated carbocycles. The molecule has 0 aromatic carbocycles. The molecule has 84 valence electrons. The van der Waals surface area contributed by atoms with Crippen molar-refractivity contribution in [1.82, 2.24) is 4.90 Å². The lowest BCUT2D eigenvalue weighted by Gasteiger charge is -2.21. The standard InChI is InChI=1S/C8H15F3N2O/c1-6(5-12)7(14)13(2)4-3-8(9,10)11/h6H,3-5,12H2,1-2H3. The van der Waals surface area contributed by atoms with Crippen LogP contribution in [0.2, 0.25) is 0 Å². The van der Waals surface area contributed by atoms with Crippen molar-refractivity contribution in [2.75, 3.05) is 20.1 Å². The van der Waals surface area contributed by atoms with E-state index in [1.165, 1.54) is 7.05 Å². The molecule has 6 heteroatoms. The summed E-state index contributed by atoms with van der Waals surface area (Å²) in [5, 5.41) is 0. The van der Waals surface area contributed by atoms with Crippen molar-refractivity contribution in [2.24, 2.45) is 11.7 Å². The van der Waals surface area contributed by atoms with Crippen LogP contribution in [0.4, 0.5) is 13.2 Å². The van der Waals surface area contributed by atoms with E-state index in [2.05, 4.69) is 0 Å². The van der Waals surface area contributed by atoms with Crippen molar-refractivity contribution in [3.8, 4) is 0 Å². The molecule has 0 spiro atoms. The average Bonchev–Trinajstić information content (AvgIpc) is 2.10. The van der Waals surface area contributed by atoms with Crippen LogP contribution in [0.1, 0.15) is 13.3 Å². The Morgan fingerprint density at radius 2 is 2.00 bits per heavy atom. The smallest absolute Gasteiger partial charge is 0.345 e. The molecule has 0 radical (unpaired) electrons. The zero-order valence-electron chi connectivity index (χ0n) is 8.27. The highest BCUT2D eigenvalue weighted by Gasteiger charge is 2.28. The Bertz CT molecular complexity index is 194. The van der Waals surface area contributed by atoms with Crippen molar-refractivity contribution in [3.63, 3.8) is 0 Å². The van der Waals surface area contributed by atoms with Crippen molar-refractivity contribution >= 4 is 5.91 Å². The fraction of sp³-hybridized carbons (Fsp3) is 0.875. The van der Waals surface area contributed by atoms with E-state index in [9.17, 15) is 18.0 Å². The van der Waals surface area contributed by atoms with Crippen LogP contribution in [0.15, 0.2) is 0 Å². The van der Waals surface area contributed by atoms with Gasteiger partial charge in [0, 0.05) is 26.1 Å². The second-order valence-corrected chi connectivity index (χ2v) is 3.26. The van der Waals surface area contributed by atoms with Crippen LogP contribution in [0, 0.1) is 5.92 Å². The fourth-order valence-corrected chi connectivity index (χ4v) is 0.882. The Hall–Kier alpha value is -0.780. The lowest BCUT2D eigenvalue weighted by molar-refractivity contribution is -0.145. The van der Waals surface area contributed by atoms with Gasteiger partial charge in [-0.15, -0.1) is 0 Å². The summed E-state index contributed by atoms with van der Waals surface area (Å²) in [6.45, 7) is 1.42. The molecule has 0 aromatic heterocycles. The first kappa shape index (κ1) is 13.2. The Balaban J connectivity index is 3.97. The first-order valence-electron chi connectivity index (χ1n) is 4.29. The van der Waals surface area contributed by atoms with Crippen molar-refractivity contribution < 1.29 is 18.0 Å². The summed E-state index contributed by atoms with van der Waals surface area (Å²) in [5.74, 6) is -0.773. The Morgan fingerprint density at radius 3 is 2.36 bits per heavy atom. The predicted molar refractivity (Wildman–Crippen MR) is 46.5 cm³/mol. The van der Waals surface area contributed by atoms with E-state index in [4.69, 9.17) is 5.73 Å². The van der Waals surface area contributed by atoms with Crippen LogP contribution in [-0.2, 0) is 4.79 Å². The summed E-state index contributed by atoms with van der Waals surface area (Å²) < 4.78 is 35.4. The summed E-state index contributed by atoms with van der Waals surface area (Å²) >= 11 is 0. The molecule has 3 nitrogen and oxygen atoms in total. The number of hydrogen-bond donors (Lipinski definition) is 1. The Kier molecular flexibility index (Phi) is 4.90. The largest absolute Gasteiger partial charge is 0.390 e. The SMILES string of the molecule is CC(CN)C(=O)N(C)CCC(F)(F)F. The quantitative estimate of drug-likeness (QED) is 0.755. The van der Waals surface area contributed by atoms with Crippen molar-refractivity contribution in [2.45, 2.75) is 19.5 Å². The van der Waals surface area contributed by atoms with E-state index in [0.717, 1.165) is 4.90 Å². The molecular weight excluding hydrogens is 197 g/mol. The number of alkyl halides is 3. The molecule has 0 aromatic rings. The monoisotopic (exact) mass is 212 g/mol. The molecule has 14 heavy (non-hydrogen) atoms. The van der Waals surface area contributed by atoms with Gasteiger partial charge in [-0.1, -0.05) is 6.92 Å². The fourth-order valence-electron chi connectivity index (χ4n) is 0.882. The minimum Gasteiger partial charge on any atom is -0.345 e. The van der Waals surface area contributed by atoms with Crippen molar-refractivity contribution in [3.05, 3.63) is 0 Å². The van der Waals surface area contributed by atoms with Gasteiger partial charge in [0.2, 0.25) is 5.91 Å². The molecule has 0 saturated heterocycles. The molecule has 2 N–H and O–H groups in total. The van der Waals surface area contributed by atoms with Gasteiger partial charge < -0.3 is 10.6 Å². The van der Waals surface area contributed by atoms with E-state index < -0.39 is 18.5 Å². The van der Waals surface area contributed by atoms with E-state index >= 15 is 0 Å². The Labute approximate surface area is 81.1 Å². The van der Waals surface area contributed by atoms with Gasteiger partial charge in [-0.25, -0.2) is 0 Å². The van der Waals surface area contributed by atoms with Crippen LogP contribution < -0.4 is 5.73 Å². The summed E-state index contributed by atoms with van der Waals surface area (Å²) in [4.78, 5) is 12.3. The molecule has 1 amide bonds. The summed E-state index contributed by atoms with van der Waals surface area (Å²) in [5.41, 5.74) is 5.22. The number of nitrogens with two attached hydrogens (primary N) is 1. The molecule has 0 aliphatic heterocycles. The maximum Gasteiger partial charge on any atom is 0.390 e. The zero-order chi connectivity index (χ0) is 11.4. The average molecular weight is 212 g/mol. The summed E-state index contributed by atoms with van der Waals surface area (Å²) in [7, 11) is 1.35. The lowest BCUT2D eigenvalue weighted by atomic mass is 10.1. The van der Waals surface area contributed by atoms with Crippen LogP contribution in [0.25, 0.3) is 0 Å². The third-order valence-electron chi connectivity index (χ3n) is 1.88. The molecule has 0 rings (SSSR count). The molecule has 0 fully saturated rings. The third kappa shape index (κ3) is 5.06. The number of nitrogens with zero attached hydrogens (tertiary/aromatic N) is 1. The van der Waals surface area contributed by atoms with Gasteiger partial charge in [-0.3, -0.25) is 4.79 Å². The van der Waals surface area contributed by atoms with E-state index in [-0.39, 0.29) is 19.0 Å². The van der Waals surface area contributed by atoms with Gasteiger partial charge in [0.1, 0.15) is 0 Å². The highest BCUT2D eigenvalue weighted by atomic mass is 19.4. The normalized spacial score (nSPS) is 13.9. The number of rotatable bonds is 4. The predicted octanol–water partition coefficient (Wildman–Crippen LogP) is 0.992. The molecule has 1 atom stereocenters. The van der Waals surface area contributed by atoms with Gasteiger partial charge >= 0.3 is 6.18 Å². The minimum atomic E-state index is -4.22. The maximum atomic E-state index is 11.8. The first-order chi connectivity index (χ1) is 6.28. The van der Waals surface area contributed by atoms with Crippen LogP contribution in [0.5, 0.6) is 0 Å². The van der Waals surface area contributed by atoms with E-state index in [1.807, 2.05) is 0 Å². The first-order valence-corrected chi connectivity index (χ1v) is 4.29. The zero-order valence-corrected chi connectivity index (χ0v) is 8.27. The Morgan fingerprint density at radius 1 is 1.50 bits per heavy atom. The van der Waals surface area contributed by atoms with Gasteiger partial charge in [0.05, 0.1) is 6.42 Å². The van der Waals surface area contributed by atoms with Crippen LogP contribution in [0.3, 0.4) is 0 Å². The second-order valence-electron chi connectivity index (χ2n) is 3.26. The molecule has 0 heterocycles. The molecular formula is C8H15F3N2O.